The highest BCUT2D eigenvalue weighted by atomic mass is 19.1. The van der Waals surface area contributed by atoms with Gasteiger partial charge in [-0.2, -0.15) is 0 Å². The minimum atomic E-state index is -1.29. The van der Waals surface area contributed by atoms with Gasteiger partial charge in [-0.1, -0.05) is 51.1 Å². The summed E-state index contributed by atoms with van der Waals surface area (Å²) in [7, 11) is 0. The minimum Gasteiger partial charge on any atom is -0.489 e. The molecule has 0 saturated carbocycles. The van der Waals surface area contributed by atoms with Crippen LogP contribution < -0.4 is 10.1 Å². The molecule has 5 atom stereocenters. The number of carbonyl (C=O) groups excluding carboxylic acids is 2. The topological polar surface area (TPSA) is 107 Å². The third-order valence-corrected chi connectivity index (χ3v) is 6.74. The number of hydrogen-bond acceptors (Lipinski definition) is 7. The molecule has 1 fully saturated rings. The quantitative estimate of drug-likeness (QED) is 0.384. The number of morpholine rings is 1. The summed E-state index contributed by atoms with van der Waals surface area (Å²) in [5.41, 5.74) is 0.502. The zero-order valence-electron chi connectivity index (χ0n) is 26.6. The van der Waals surface area contributed by atoms with Gasteiger partial charge in [0.1, 0.15) is 23.8 Å². The Morgan fingerprint density at radius 1 is 1.09 bits per heavy atom. The zero-order chi connectivity index (χ0) is 31.9. The normalized spacial score (nSPS) is 20.7. The summed E-state index contributed by atoms with van der Waals surface area (Å²) in [5.74, 6) is -0.583. The molecule has 3 rings (SSSR count). The summed E-state index contributed by atoms with van der Waals surface area (Å²) in [6, 6.07) is 11.4. The van der Waals surface area contributed by atoms with Crippen LogP contribution in [0.3, 0.4) is 0 Å². The van der Waals surface area contributed by atoms with Crippen LogP contribution in [-0.4, -0.2) is 71.3 Å². The van der Waals surface area contributed by atoms with E-state index >= 15 is 0 Å². The molecular formula is C33H47FN2O7. The molecule has 0 aliphatic carbocycles. The van der Waals surface area contributed by atoms with E-state index in [0.717, 1.165) is 5.56 Å². The van der Waals surface area contributed by atoms with E-state index in [1.807, 2.05) is 51.1 Å². The Balaban J connectivity index is 1.85. The molecule has 2 aromatic rings. The van der Waals surface area contributed by atoms with Gasteiger partial charge < -0.3 is 29.4 Å². The smallest absolute Gasteiger partial charge is 0.411 e. The molecule has 0 radical (unpaired) electrons. The van der Waals surface area contributed by atoms with E-state index in [9.17, 15) is 19.1 Å². The number of hydrogen-bond donors (Lipinski definition) is 2. The Morgan fingerprint density at radius 3 is 2.37 bits per heavy atom. The molecule has 9 nitrogen and oxygen atoms in total. The molecular weight excluding hydrogens is 555 g/mol. The Bertz CT molecular complexity index is 1210. The first kappa shape index (κ1) is 34.3. The molecule has 2 amide bonds. The fraction of sp³-hybridized carbons (Fsp3) is 0.576. The third-order valence-electron chi connectivity index (χ3n) is 6.74. The second kappa shape index (κ2) is 14.5. The van der Waals surface area contributed by atoms with Gasteiger partial charge in [0.2, 0.25) is 5.91 Å². The minimum absolute atomic E-state index is 0.0652. The van der Waals surface area contributed by atoms with Crippen molar-refractivity contribution >= 4 is 12.0 Å². The fourth-order valence-electron chi connectivity index (χ4n) is 4.85. The van der Waals surface area contributed by atoms with Gasteiger partial charge >= 0.3 is 6.09 Å². The van der Waals surface area contributed by atoms with Crippen LogP contribution in [-0.2, 0) is 32.0 Å². The van der Waals surface area contributed by atoms with Crippen molar-refractivity contribution < 1.29 is 38.0 Å². The highest BCUT2D eigenvalue weighted by Crippen LogP contribution is 2.29. The van der Waals surface area contributed by atoms with E-state index in [4.69, 9.17) is 18.9 Å². The molecule has 1 heterocycles. The second-order valence-electron chi connectivity index (χ2n) is 13.3. The maximum Gasteiger partial charge on any atom is 0.411 e. The average Bonchev–Trinajstić information content (AvgIpc) is 2.88. The van der Waals surface area contributed by atoms with E-state index in [2.05, 4.69) is 5.32 Å². The van der Waals surface area contributed by atoms with E-state index in [1.165, 1.54) is 24.0 Å². The van der Waals surface area contributed by atoms with Gasteiger partial charge in [0.15, 0.2) is 6.29 Å². The number of benzene rings is 2. The molecule has 2 N–H and O–H groups in total. The Morgan fingerprint density at radius 2 is 1.77 bits per heavy atom. The Kier molecular flexibility index (Phi) is 11.6. The van der Waals surface area contributed by atoms with Crippen LogP contribution in [0.1, 0.15) is 66.5 Å². The van der Waals surface area contributed by atoms with Crippen LogP contribution in [0.15, 0.2) is 48.5 Å². The largest absolute Gasteiger partial charge is 0.489 e. The number of aliphatic hydroxyl groups excluding tert-OH is 1. The van der Waals surface area contributed by atoms with Crippen molar-refractivity contribution in [3.05, 3.63) is 65.5 Å². The first-order valence-corrected chi connectivity index (χ1v) is 14.7. The van der Waals surface area contributed by atoms with E-state index in [-0.39, 0.29) is 31.0 Å². The number of ether oxygens (including phenoxy) is 4. The summed E-state index contributed by atoms with van der Waals surface area (Å²) < 4.78 is 38.2. The van der Waals surface area contributed by atoms with Crippen molar-refractivity contribution in [2.75, 3.05) is 13.2 Å². The molecule has 0 spiro atoms. The summed E-state index contributed by atoms with van der Waals surface area (Å²) in [6.07, 6.45) is -2.61. The lowest BCUT2D eigenvalue weighted by atomic mass is 9.93. The number of carbonyl (C=O) groups is 2. The van der Waals surface area contributed by atoms with Crippen LogP contribution in [0.4, 0.5) is 9.18 Å². The lowest BCUT2D eigenvalue weighted by molar-refractivity contribution is -0.233. The number of amides is 2. The number of nitrogens with one attached hydrogen (secondary N) is 1. The van der Waals surface area contributed by atoms with Crippen molar-refractivity contribution in [3.8, 4) is 5.75 Å². The van der Waals surface area contributed by atoms with Crippen LogP contribution in [0.25, 0.3) is 0 Å². The number of nitrogens with zero attached hydrogens (tertiary/aromatic N) is 1. The first-order valence-electron chi connectivity index (χ1n) is 14.7. The van der Waals surface area contributed by atoms with Gasteiger partial charge in [-0.25, -0.2) is 9.18 Å². The fourth-order valence-corrected chi connectivity index (χ4v) is 4.85. The van der Waals surface area contributed by atoms with Gasteiger partial charge in [0.25, 0.3) is 0 Å². The first-order chi connectivity index (χ1) is 20.0. The van der Waals surface area contributed by atoms with Gasteiger partial charge in [0, 0.05) is 13.0 Å². The van der Waals surface area contributed by atoms with Gasteiger partial charge in [-0.3, -0.25) is 9.69 Å². The van der Waals surface area contributed by atoms with Crippen LogP contribution in [0.5, 0.6) is 5.75 Å². The second-order valence-corrected chi connectivity index (χ2v) is 13.3. The maximum absolute atomic E-state index is 14.7. The van der Waals surface area contributed by atoms with E-state index in [1.54, 1.807) is 33.8 Å². The molecule has 1 aliphatic heterocycles. The van der Waals surface area contributed by atoms with E-state index in [0.29, 0.717) is 17.9 Å². The summed E-state index contributed by atoms with van der Waals surface area (Å²) in [5, 5.41) is 14.5. The third kappa shape index (κ3) is 10.8. The highest BCUT2D eigenvalue weighted by Gasteiger charge is 2.46. The van der Waals surface area contributed by atoms with Crippen molar-refractivity contribution in [1.29, 1.82) is 0 Å². The molecule has 10 heteroatoms. The number of halogens is 1. The zero-order valence-corrected chi connectivity index (χ0v) is 26.6. The van der Waals surface area contributed by atoms with Crippen LogP contribution in [0.2, 0.25) is 0 Å². The Hall–Kier alpha value is -3.21. The summed E-state index contributed by atoms with van der Waals surface area (Å²) in [4.78, 5) is 27.2. The lowest BCUT2D eigenvalue weighted by Crippen LogP contribution is -2.66. The SMILES string of the molecule is CC(=O)N[C@@H](Cc1cc(F)cc(OCc2ccccc2)c1)[C@H](O)[C@H]1CO[C@@H](OCC(C)(C)C)[C@H](C)N1C(=O)OC(C)(C)C. The predicted molar refractivity (Wildman–Crippen MR) is 161 cm³/mol. The molecule has 1 aliphatic rings. The molecule has 1 saturated heterocycles. The standard InChI is InChI=1S/C33H47FN2O7/c1-21-30(42-20-32(3,4)5)41-19-28(36(21)31(39)43-33(6,7)8)29(38)27(35-22(2)37)16-24-14-25(34)17-26(15-24)40-18-23-12-10-9-11-13-23/h9-15,17,21,27-30,38H,16,18-20H2,1-8H3,(H,35,37)/t21-,27-,28+,29-,30-/m0/s1. The molecule has 0 aromatic heterocycles. The lowest BCUT2D eigenvalue weighted by Gasteiger charge is -2.47. The molecule has 43 heavy (non-hydrogen) atoms. The van der Waals surface area contributed by atoms with Crippen LogP contribution >= 0.6 is 0 Å². The van der Waals surface area contributed by atoms with Crippen molar-refractivity contribution in [2.45, 2.75) is 105 Å². The van der Waals surface area contributed by atoms with Gasteiger partial charge in [-0.05, 0) is 62.8 Å². The van der Waals surface area contributed by atoms with Crippen molar-refractivity contribution in [1.82, 2.24) is 10.2 Å². The summed E-state index contributed by atoms with van der Waals surface area (Å²) >= 11 is 0. The predicted octanol–water partition coefficient (Wildman–Crippen LogP) is 5.23. The average molecular weight is 603 g/mol. The molecule has 0 unspecified atom stereocenters. The molecule has 0 bridgehead atoms. The number of aliphatic hydroxyl groups is 1. The summed E-state index contributed by atoms with van der Waals surface area (Å²) in [6.45, 7) is 15.0. The van der Waals surface area contributed by atoms with Gasteiger partial charge in [0.05, 0.1) is 37.4 Å². The Labute approximate surface area is 254 Å². The highest BCUT2D eigenvalue weighted by molar-refractivity contribution is 5.73. The molecule has 2 aromatic carbocycles. The van der Waals surface area contributed by atoms with E-state index < -0.39 is 48.0 Å². The maximum atomic E-state index is 14.7. The molecule has 238 valence electrons. The number of rotatable bonds is 10. The van der Waals surface area contributed by atoms with Crippen molar-refractivity contribution in [3.63, 3.8) is 0 Å². The van der Waals surface area contributed by atoms with Crippen molar-refractivity contribution in [2.24, 2.45) is 5.41 Å². The van der Waals surface area contributed by atoms with Gasteiger partial charge in [-0.15, -0.1) is 0 Å². The monoisotopic (exact) mass is 602 g/mol. The van der Waals surface area contributed by atoms with Crippen LogP contribution in [0, 0.1) is 11.2 Å².